The zero-order valence-electron chi connectivity index (χ0n) is 13.0. The molecule has 1 saturated carbocycles. The van der Waals surface area contributed by atoms with Gasteiger partial charge in [0.25, 0.3) is 12.3 Å². The molecule has 0 bridgehead atoms. The Morgan fingerprint density at radius 3 is 2.52 bits per heavy atom. The van der Waals surface area contributed by atoms with E-state index in [9.17, 15) is 23.5 Å². The molecule has 0 atom stereocenters. The largest absolute Gasteiger partial charge is 0.480 e. The Hall–Kier alpha value is -1.98. The molecule has 6 heteroatoms. The molecule has 1 aromatic rings. The van der Waals surface area contributed by atoms with Crippen molar-refractivity contribution in [1.82, 2.24) is 5.32 Å². The third-order valence-corrected chi connectivity index (χ3v) is 4.70. The van der Waals surface area contributed by atoms with Gasteiger partial charge in [-0.05, 0) is 43.7 Å². The molecule has 1 aromatic carbocycles. The van der Waals surface area contributed by atoms with Gasteiger partial charge in [0.2, 0.25) is 0 Å². The molecule has 0 radical (unpaired) electrons. The van der Waals surface area contributed by atoms with E-state index in [0.29, 0.717) is 18.8 Å². The summed E-state index contributed by atoms with van der Waals surface area (Å²) in [5.74, 6) is -1.21. The van der Waals surface area contributed by atoms with Crippen LogP contribution < -0.4 is 5.32 Å². The Labute approximate surface area is 133 Å². The summed E-state index contributed by atoms with van der Waals surface area (Å²) in [5.41, 5.74) is -1.50. The van der Waals surface area contributed by atoms with Crippen LogP contribution in [0.15, 0.2) is 24.3 Å². The van der Waals surface area contributed by atoms with E-state index in [0.717, 1.165) is 25.3 Å². The van der Waals surface area contributed by atoms with E-state index in [4.69, 9.17) is 0 Å². The molecule has 0 heterocycles. The molecule has 0 aliphatic heterocycles. The number of alkyl halides is 2. The molecule has 0 spiro atoms. The smallest absolute Gasteiger partial charge is 0.329 e. The van der Waals surface area contributed by atoms with Crippen LogP contribution in [-0.4, -0.2) is 22.5 Å². The molecular weight excluding hydrogens is 304 g/mol. The number of carboxylic acid groups (broad SMARTS) is 1. The maximum atomic E-state index is 12.7. The number of aliphatic carboxylic acids is 1. The van der Waals surface area contributed by atoms with Crippen molar-refractivity contribution < 1.29 is 23.5 Å². The van der Waals surface area contributed by atoms with Crippen LogP contribution in [-0.2, 0) is 4.79 Å². The summed E-state index contributed by atoms with van der Waals surface area (Å²) in [5, 5.41) is 12.1. The van der Waals surface area contributed by atoms with Gasteiger partial charge in [-0.2, -0.15) is 0 Å². The minimum absolute atomic E-state index is 0.0565. The first kappa shape index (κ1) is 17.4. The van der Waals surface area contributed by atoms with Crippen molar-refractivity contribution in [2.24, 2.45) is 5.92 Å². The van der Waals surface area contributed by atoms with Gasteiger partial charge in [0.05, 0.1) is 0 Å². The maximum absolute atomic E-state index is 12.7. The summed E-state index contributed by atoms with van der Waals surface area (Å²) in [6.07, 6.45) is 0.513. The molecule has 1 fully saturated rings. The number of carbonyl (C=O) groups excluding carboxylic acids is 1. The number of hydrogen-bond acceptors (Lipinski definition) is 2. The standard InChI is InChI=1S/C17H21F2NO3/c1-2-11-6-8-17(9-7-11,16(22)23)20-15(21)13-5-3-4-12(10-13)14(18)19/h3-5,10-11,14H,2,6-9H2,1H3,(H,20,21)(H,22,23). The molecule has 1 aliphatic carbocycles. The first-order valence-corrected chi connectivity index (χ1v) is 7.82. The maximum Gasteiger partial charge on any atom is 0.329 e. The Bertz CT molecular complexity index is 581. The third-order valence-electron chi connectivity index (χ3n) is 4.70. The Morgan fingerprint density at radius 1 is 1.35 bits per heavy atom. The second-order valence-electron chi connectivity index (χ2n) is 6.12. The van der Waals surface area contributed by atoms with E-state index in [2.05, 4.69) is 12.2 Å². The number of rotatable bonds is 5. The van der Waals surface area contributed by atoms with E-state index in [1.54, 1.807) is 0 Å². The number of hydrogen-bond donors (Lipinski definition) is 2. The van der Waals surface area contributed by atoms with E-state index in [-0.39, 0.29) is 11.1 Å². The van der Waals surface area contributed by atoms with Crippen molar-refractivity contribution in [2.45, 2.75) is 51.0 Å². The summed E-state index contributed by atoms with van der Waals surface area (Å²) in [6.45, 7) is 2.06. The topological polar surface area (TPSA) is 66.4 Å². The van der Waals surface area contributed by atoms with Gasteiger partial charge in [-0.1, -0.05) is 25.5 Å². The Morgan fingerprint density at radius 2 is 2.00 bits per heavy atom. The second-order valence-corrected chi connectivity index (χ2v) is 6.12. The SMILES string of the molecule is CCC1CCC(NC(=O)c2cccc(C(F)F)c2)(C(=O)O)CC1. The molecule has 1 amide bonds. The van der Waals surface area contributed by atoms with Gasteiger partial charge in [0.1, 0.15) is 5.54 Å². The zero-order valence-corrected chi connectivity index (χ0v) is 13.0. The number of benzene rings is 1. The highest BCUT2D eigenvalue weighted by atomic mass is 19.3. The van der Waals surface area contributed by atoms with Gasteiger partial charge < -0.3 is 10.4 Å². The van der Waals surface area contributed by atoms with Gasteiger partial charge in [-0.15, -0.1) is 0 Å². The molecule has 126 valence electrons. The monoisotopic (exact) mass is 325 g/mol. The molecular formula is C17H21F2NO3. The predicted octanol–water partition coefficient (Wildman–Crippen LogP) is 3.78. The minimum atomic E-state index is -2.67. The lowest BCUT2D eigenvalue weighted by atomic mass is 9.75. The van der Waals surface area contributed by atoms with Gasteiger partial charge in [0, 0.05) is 11.1 Å². The predicted molar refractivity (Wildman–Crippen MR) is 81.5 cm³/mol. The summed E-state index contributed by atoms with van der Waals surface area (Å²) < 4.78 is 25.5. The fourth-order valence-corrected chi connectivity index (χ4v) is 3.08. The molecule has 0 unspecified atom stereocenters. The number of carboxylic acids is 1. The minimum Gasteiger partial charge on any atom is -0.480 e. The van der Waals surface area contributed by atoms with Gasteiger partial charge >= 0.3 is 5.97 Å². The van der Waals surface area contributed by atoms with Crippen molar-refractivity contribution in [1.29, 1.82) is 0 Å². The van der Waals surface area contributed by atoms with E-state index in [1.165, 1.54) is 18.2 Å². The Balaban J connectivity index is 2.16. The molecule has 0 saturated heterocycles. The van der Waals surface area contributed by atoms with Crippen LogP contribution in [0, 0.1) is 5.92 Å². The fraction of sp³-hybridized carbons (Fsp3) is 0.529. The van der Waals surface area contributed by atoms with Crippen LogP contribution in [0.2, 0.25) is 0 Å². The van der Waals surface area contributed by atoms with Crippen LogP contribution in [0.5, 0.6) is 0 Å². The van der Waals surface area contributed by atoms with Crippen molar-refractivity contribution in [2.75, 3.05) is 0 Å². The summed E-state index contributed by atoms with van der Waals surface area (Å²) in [6, 6.07) is 5.13. The summed E-state index contributed by atoms with van der Waals surface area (Å²) in [4.78, 5) is 24.0. The lowest BCUT2D eigenvalue weighted by Gasteiger charge is -2.37. The Kier molecular flexibility index (Phi) is 5.34. The highest BCUT2D eigenvalue weighted by Crippen LogP contribution is 2.34. The van der Waals surface area contributed by atoms with Gasteiger partial charge in [0.15, 0.2) is 0 Å². The second kappa shape index (κ2) is 7.06. The number of nitrogens with one attached hydrogen (secondary N) is 1. The van der Waals surface area contributed by atoms with Gasteiger partial charge in [-0.3, -0.25) is 4.79 Å². The number of halogens is 2. The molecule has 2 rings (SSSR count). The van der Waals surface area contributed by atoms with E-state index in [1.807, 2.05) is 0 Å². The normalized spacial score (nSPS) is 24.4. The summed E-state index contributed by atoms with van der Waals surface area (Å²) in [7, 11) is 0. The molecule has 23 heavy (non-hydrogen) atoms. The summed E-state index contributed by atoms with van der Waals surface area (Å²) >= 11 is 0. The molecule has 0 aromatic heterocycles. The molecule has 4 nitrogen and oxygen atoms in total. The zero-order chi connectivity index (χ0) is 17.0. The van der Waals surface area contributed by atoms with Crippen LogP contribution >= 0.6 is 0 Å². The molecule has 2 N–H and O–H groups in total. The molecule has 1 aliphatic rings. The van der Waals surface area contributed by atoms with Crippen molar-refractivity contribution in [3.05, 3.63) is 35.4 Å². The quantitative estimate of drug-likeness (QED) is 0.866. The first-order chi connectivity index (χ1) is 10.9. The number of carbonyl (C=O) groups is 2. The van der Waals surface area contributed by atoms with Crippen LogP contribution in [0.25, 0.3) is 0 Å². The van der Waals surface area contributed by atoms with E-state index >= 15 is 0 Å². The van der Waals surface area contributed by atoms with Crippen molar-refractivity contribution in [3.8, 4) is 0 Å². The number of amides is 1. The van der Waals surface area contributed by atoms with Crippen LogP contribution in [0.1, 0.15) is 61.4 Å². The van der Waals surface area contributed by atoms with Gasteiger partial charge in [-0.25, -0.2) is 13.6 Å². The third kappa shape index (κ3) is 3.86. The fourth-order valence-electron chi connectivity index (χ4n) is 3.08. The van der Waals surface area contributed by atoms with E-state index < -0.39 is 23.8 Å². The van der Waals surface area contributed by atoms with Crippen molar-refractivity contribution in [3.63, 3.8) is 0 Å². The average molecular weight is 325 g/mol. The highest BCUT2D eigenvalue weighted by molar-refractivity contribution is 5.98. The van der Waals surface area contributed by atoms with Crippen LogP contribution in [0.4, 0.5) is 8.78 Å². The first-order valence-electron chi connectivity index (χ1n) is 7.82. The average Bonchev–Trinajstić information content (AvgIpc) is 2.55. The lowest BCUT2D eigenvalue weighted by molar-refractivity contribution is -0.146. The highest BCUT2D eigenvalue weighted by Gasteiger charge is 2.43. The lowest BCUT2D eigenvalue weighted by Crippen LogP contribution is -2.56. The van der Waals surface area contributed by atoms with Crippen molar-refractivity contribution >= 4 is 11.9 Å². The van der Waals surface area contributed by atoms with Crippen LogP contribution in [0.3, 0.4) is 0 Å².